The first-order valence-electron chi connectivity index (χ1n) is 4.71. The summed E-state index contributed by atoms with van der Waals surface area (Å²) in [6, 6.07) is 6.64. The van der Waals surface area contributed by atoms with Gasteiger partial charge in [-0.3, -0.25) is 0 Å². The zero-order chi connectivity index (χ0) is 11.5. The normalized spacial score (nSPS) is 11.9. The number of rotatable bonds is 4. The van der Waals surface area contributed by atoms with E-state index in [0.29, 0.717) is 6.54 Å². The number of halogens is 2. The van der Waals surface area contributed by atoms with Crippen molar-refractivity contribution in [3.8, 4) is 5.75 Å². The Bertz CT molecular complexity index is 326. The molecule has 0 saturated heterocycles. The van der Waals surface area contributed by atoms with E-state index < -0.39 is 6.61 Å². The van der Waals surface area contributed by atoms with Crippen molar-refractivity contribution in [3.63, 3.8) is 0 Å². The van der Waals surface area contributed by atoms with E-state index in [-0.39, 0.29) is 11.2 Å². The Morgan fingerprint density at radius 1 is 1.40 bits per heavy atom. The van der Waals surface area contributed by atoms with Gasteiger partial charge >= 0.3 is 6.61 Å². The van der Waals surface area contributed by atoms with Crippen LogP contribution in [0.2, 0.25) is 0 Å². The molecule has 2 N–H and O–H groups in total. The molecule has 0 aromatic heterocycles. The average molecular weight is 215 g/mol. The Balaban J connectivity index is 2.92. The Morgan fingerprint density at radius 3 is 2.60 bits per heavy atom. The van der Waals surface area contributed by atoms with Gasteiger partial charge in [-0.1, -0.05) is 26.0 Å². The number of alkyl halides is 2. The van der Waals surface area contributed by atoms with Crippen molar-refractivity contribution in [2.75, 3.05) is 6.54 Å². The van der Waals surface area contributed by atoms with Crippen molar-refractivity contribution in [3.05, 3.63) is 29.8 Å². The maximum absolute atomic E-state index is 12.0. The highest BCUT2D eigenvalue weighted by Gasteiger charge is 2.19. The molecule has 1 aromatic rings. The lowest BCUT2D eigenvalue weighted by molar-refractivity contribution is -0.0499. The van der Waals surface area contributed by atoms with E-state index in [1.807, 2.05) is 19.9 Å². The Labute approximate surface area is 88.0 Å². The zero-order valence-electron chi connectivity index (χ0n) is 8.84. The maximum atomic E-state index is 12.0. The molecule has 0 aliphatic rings. The van der Waals surface area contributed by atoms with E-state index >= 15 is 0 Å². The molecule has 0 radical (unpaired) electrons. The second-order valence-corrected chi connectivity index (χ2v) is 3.99. The molecule has 0 unspecified atom stereocenters. The van der Waals surface area contributed by atoms with Gasteiger partial charge in [0.1, 0.15) is 5.75 Å². The van der Waals surface area contributed by atoms with Crippen LogP contribution in [0.5, 0.6) is 5.75 Å². The summed E-state index contributed by atoms with van der Waals surface area (Å²) in [5.41, 5.74) is 6.26. The van der Waals surface area contributed by atoms with Crippen molar-refractivity contribution in [1.29, 1.82) is 0 Å². The fraction of sp³-hybridized carbons (Fsp3) is 0.455. The first kappa shape index (κ1) is 11.9. The van der Waals surface area contributed by atoms with Gasteiger partial charge < -0.3 is 10.5 Å². The lowest BCUT2D eigenvalue weighted by atomic mass is 9.85. The van der Waals surface area contributed by atoms with Crippen LogP contribution in [0.1, 0.15) is 19.4 Å². The number of ether oxygens (including phenoxy) is 1. The van der Waals surface area contributed by atoms with E-state index in [4.69, 9.17) is 5.73 Å². The summed E-state index contributed by atoms with van der Waals surface area (Å²) in [6.07, 6.45) is 0. The van der Waals surface area contributed by atoms with Crippen LogP contribution in [0.4, 0.5) is 8.78 Å². The monoisotopic (exact) mass is 215 g/mol. The van der Waals surface area contributed by atoms with Crippen LogP contribution < -0.4 is 10.5 Å². The summed E-state index contributed by atoms with van der Waals surface area (Å²) >= 11 is 0. The van der Waals surface area contributed by atoms with Crippen LogP contribution in [-0.4, -0.2) is 13.2 Å². The molecule has 0 aliphatic heterocycles. The van der Waals surface area contributed by atoms with Gasteiger partial charge in [-0.2, -0.15) is 8.78 Å². The minimum Gasteiger partial charge on any atom is -0.435 e. The van der Waals surface area contributed by atoms with Crippen LogP contribution in [0.25, 0.3) is 0 Å². The molecule has 0 saturated carbocycles. The highest BCUT2D eigenvalue weighted by molar-refractivity contribution is 5.33. The van der Waals surface area contributed by atoms with Gasteiger partial charge in [0.25, 0.3) is 0 Å². The van der Waals surface area contributed by atoms with E-state index in [9.17, 15) is 8.78 Å². The van der Waals surface area contributed by atoms with Gasteiger partial charge in [-0.25, -0.2) is 0 Å². The SMILES string of the molecule is CC(C)(CN)c1cccc(OC(F)F)c1. The molecule has 1 rings (SSSR count). The van der Waals surface area contributed by atoms with E-state index in [1.165, 1.54) is 6.07 Å². The molecule has 1 aromatic carbocycles. The molecule has 84 valence electrons. The van der Waals surface area contributed by atoms with E-state index in [2.05, 4.69) is 4.74 Å². The number of hydrogen-bond donors (Lipinski definition) is 1. The molecule has 2 nitrogen and oxygen atoms in total. The fourth-order valence-electron chi connectivity index (χ4n) is 1.21. The molecular formula is C11H15F2NO. The lowest BCUT2D eigenvalue weighted by Gasteiger charge is -2.23. The minimum atomic E-state index is -2.79. The zero-order valence-corrected chi connectivity index (χ0v) is 8.84. The predicted molar refractivity (Wildman–Crippen MR) is 55.2 cm³/mol. The Hall–Kier alpha value is -1.16. The van der Waals surface area contributed by atoms with Crippen molar-refractivity contribution in [2.45, 2.75) is 25.9 Å². The van der Waals surface area contributed by atoms with Crippen molar-refractivity contribution < 1.29 is 13.5 Å². The first-order valence-corrected chi connectivity index (χ1v) is 4.71. The molecule has 0 bridgehead atoms. The number of hydrogen-bond acceptors (Lipinski definition) is 2. The maximum Gasteiger partial charge on any atom is 0.387 e. The molecule has 0 aliphatic carbocycles. The van der Waals surface area contributed by atoms with Crippen LogP contribution in [0, 0.1) is 0 Å². The minimum absolute atomic E-state index is 0.170. The highest BCUT2D eigenvalue weighted by atomic mass is 19.3. The van der Waals surface area contributed by atoms with Gasteiger partial charge in [0.2, 0.25) is 0 Å². The summed E-state index contributed by atoms with van der Waals surface area (Å²) in [5, 5.41) is 0. The molecule has 0 heterocycles. The van der Waals surface area contributed by atoms with Crippen LogP contribution >= 0.6 is 0 Å². The van der Waals surface area contributed by atoms with Crippen LogP contribution in [0.15, 0.2) is 24.3 Å². The lowest BCUT2D eigenvalue weighted by Crippen LogP contribution is -2.28. The van der Waals surface area contributed by atoms with Crippen molar-refractivity contribution in [1.82, 2.24) is 0 Å². The second-order valence-electron chi connectivity index (χ2n) is 3.99. The summed E-state index contributed by atoms with van der Waals surface area (Å²) < 4.78 is 28.3. The van der Waals surface area contributed by atoms with Gasteiger partial charge in [-0.05, 0) is 17.7 Å². The number of benzene rings is 1. The Kier molecular flexibility index (Phi) is 3.63. The third-order valence-corrected chi connectivity index (χ3v) is 2.35. The largest absolute Gasteiger partial charge is 0.435 e. The molecule has 15 heavy (non-hydrogen) atoms. The molecule has 0 amide bonds. The summed E-state index contributed by atoms with van der Waals surface area (Å²) in [6.45, 7) is 1.56. The van der Waals surface area contributed by atoms with Crippen molar-refractivity contribution >= 4 is 0 Å². The Morgan fingerprint density at radius 2 is 2.07 bits per heavy atom. The second kappa shape index (κ2) is 4.57. The van der Waals surface area contributed by atoms with Gasteiger partial charge in [-0.15, -0.1) is 0 Å². The number of nitrogens with two attached hydrogens (primary N) is 1. The first-order chi connectivity index (χ1) is 6.95. The smallest absolute Gasteiger partial charge is 0.387 e. The quantitative estimate of drug-likeness (QED) is 0.837. The van der Waals surface area contributed by atoms with Crippen LogP contribution in [0.3, 0.4) is 0 Å². The van der Waals surface area contributed by atoms with Gasteiger partial charge in [0.15, 0.2) is 0 Å². The van der Waals surface area contributed by atoms with Gasteiger partial charge in [0.05, 0.1) is 0 Å². The van der Waals surface area contributed by atoms with Crippen LogP contribution in [-0.2, 0) is 5.41 Å². The summed E-state index contributed by atoms with van der Waals surface area (Å²) in [7, 11) is 0. The topological polar surface area (TPSA) is 35.2 Å². The third kappa shape index (κ3) is 3.16. The molecule has 0 spiro atoms. The summed E-state index contributed by atoms with van der Waals surface area (Å²) in [4.78, 5) is 0. The molecule has 0 fully saturated rings. The molecule has 4 heteroatoms. The van der Waals surface area contributed by atoms with Gasteiger partial charge in [0, 0.05) is 12.0 Å². The standard InChI is InChI=1S/C11H15F2NO/c1-11(2,7-14)8-4-3-5-9(6-8)15-10(12)13/h3-6,10H,7,14H2,1-2H3. The predicted octanol–water partition coefficient (Wildman–Crippen LogP) is 2.52. The summed E-state index contributed by atoms with van der Waals surface area (Å²) in [5.74, 6) is 0.170. The highest BCUT2D eigenvalue weighted by Crippen LogP contribution is 2.25. The molecular weight excluding hydrogens is 200 g/mol. The fourth-order valence-corrected chi connectivity index (χ4v) is 1.21. The molecule has 0 atom stereocenters. The third-order valence-electron chi connectivity index (χ3n) is 2.35. The van der Waals surface area contributed by atoms with Crippen molar-refractivity contribution in [2.24, 2.45) is 5.73 Å². The average Bonchev–Trinajstić information content (AvgIpc) is 2.17. The van der Waals surface area contributed by atoms with E-state index in [0.717, 1.165) is 5.56 Å². The van der Waals surface area contributed by atoms with E-state index in [1.54, 1.807) is 12.1 Å².